The summed E-state index contributed by atoms with van der Waals surface area (Å²) in [6, 6.07) is 9.04. The van der Waals surface area contributed by atoms with Crippen LogP contribution in [0.1, 0.15) is 12.5 Å². The SMILES string of the molecule is CCOc1ncccc1NCc1ccc(OC)c(O)c1. The summed E-state index contributed by atoms with van der Waals surface area (Å²) in [5, 5.41) is 13.0. The van der Waals surface area contributed by atoms with E-state index in [1.165, 1.54) is 7.11 Å². The number of aromatic hydroxyl groups is 1. The molecule has 0 atom stereocenters. The third-order valence-corrected chi connectivity index (χ3v) is 2.78. The van der Waals surface area contributed by atoms with Gasteiger partial charge in [-0.25, -0.2) is 4.98 Å². The van der Waals surface area contributed by atoms with E-state index in [2.05, 4.69) is 10.3 Å². The lowest BCUT2D eigenvalue weighted by Gasteiger charge is -2.11. The predicted molar refractivity (Wildman–Crippen MR) is 77.4 cm³/mol. The number of nitrogens with one attached hydrogen (secondary N) is 1. The molecule has 0 aliphatic carbocycles. The van der Waals surface area contributed by atoms with Gasteiger partial charge in [-0.05, 0) is 36.8 Å². The van der Waals surface area contributed by atoms with Gasteiger partial charge < -0.3 is 19.9 Å². The lowest BCUT2D eigenvalue weighted by Crippen LogP contribution is -2.04. The number of ether oxygens (including phenoxy) is 2. The Labute approximate surface area is 118 Å². The predicted octanol–water partition coefficient (Wildman–Crippen LogP) is 2.81. The second kappa shape index (κ2) is 6.65. The van der Waals surface area contributed by atoms with Crippen molar-refractivity contribution in [1.82, 2.24) is 4.98 Å². The van der Waals surface area contributed by atoms with E-state index in [9.17, 15) is 5.11 Å². The molecule has 20 heavy (non-hydrogen) atoms. The number of hydrogen-bond acceptors (Lipinski definition) is 5. The highest BCUT2D eigenvalue weighted by molar-refractivity contribution is 5.53. The monoisotopic (exact) mass is 274 g/mol. The molecule has 0 amide bonds. The smallest absolute Gasteiger partial charge is 0.237 e. The van der Waals surface area contributed by atoms with Gasteiger partial charge in [0.25, 0.3) is 0 Å². The van der Waals surface area contributed by atoms with Crippen molar-refractivity contribution in [3.8, 4) is 17.4 Å². The molecule has 1 aromatic heterocycles. The third-order valence-electron chi connectivity index (χ3n) is 2.78. The zero-order valence-electron chi connectivity index (χ0n) is 11.6. The number of nitrogens with zero attached hydrogens (tertiary/aromatic N) is 1. The van der Waals surface area contributed by atoms with E-state index in [4.69, 9.17) is 9.47 Å². The molecule has 0 saturated heterocycles. The number of rotatable bonds is 6. The van der Waals surface area contributed by atoms with E-state index in [1.807, 2.05) is 25.1 Å². The van der Waals surface area contributed by atoms with Gasteiger partial charge in [-0.2, -0.15) is 0 Å². The fraction of sp³-hybridized carbons (Fsp3) is 0.267. The molecule has 1 heterocycles. The molecule has 0 saturated carbocycles. The molecule has 106 valence electrons. The van der Waals surface area contributed by atoms with Crippen LogP contribution in [0.5, 0.6) is 17.4 Å². The maximum absolute atomic E-state index is 9.74. The average molecular weight is 274 g/mol. The van der Waals surface area contributed by atoms with Crippen molar-refractivity contribution in [3.05, 3.63) is 42.1 Å². The van der Waals surface area contributed by atoms with Crippen molar-refractivity contribution < 1.29 is 14.6 Å². The molecule has 2 N–H and O–H groups in total. The number of phenolic OH excluding ortho intramolecular Hbond substituents is 1. The van der Waals surface area contributed by atoms with E-state index in [-0.39, 0.29) is 5.75 Å². The fourth-order valence-corrected chi connectivity index (χ4v) is 1.82. The van der Waals surface area contributed by atoms with Gasteiger partial charge in [-0.15, -0.1) is 0 Å². The van der Waals surface area contributed by atoms with Crippen LogP contribution in [-0.2, 0) is 6.54 Å². The van der Waals surface area contributed by atoms with Crippen LogP contribution in [0.4, 0.5) is 5.69 Å². The standard InChI is InChI=1S/C15H18N2O3/c1-3-20-15-12(5-4-8-16-15)17-10-11-6-7-14(19-2)13(18)9-11/h4-9,17-18H,3,10H2,1-2H3. The molecule has 5 heteroatoms. The lowest BCUT2D eigenvalue weighted by atomic mass is 10.2. The fourth-order valence-electron chi connectivity index (χ4n) is 1.82. The van der Waals surface area contributed by atoms with Crippen LogP contribution in [0.15, 0.2) is 36.5 Å². The first-order valence-electron chi connectivity index (χ1n) is 6.42. The van der Waals surface area contributed by atoms with Crippen molar-refractivity contribution in [2.45, 2.75) is 13.5 Å². The van der Waals surface area contributed by atoms with Crippen molar-refractivity contribution in [2.24, 2.45) is 0 Å². The molecular formula is C15H18N2O3. The van der Waals surface area contributed by atoms with E-state index < -0.39 is 0 Å². The highest BCUT2D eigenvalue weighted by atomic mass is 16.5. The van der Waals surface area contributed by atoms with Gasteiger partial charge in [-0.3, -0.25) is 0 Å². The number of pyridine rings is 1. The highest BCUT2D eigenvalue weighted by Gasteiger charge is 2.05. The highest BCUT2D eigenvalue weighted by Crippen LogP contribution is 2.27. The number of hydrogen-bond donors (Lipinski definition) is 2. The zero-order valence-corrected chi connectivity index (χ0v) is 11.6. The van der Waals surface area contributed by atoms with Crippen molar-refractivity contribution in [1.29, 1.82) is 0 Å². The molecular weight excluding hydrogens is 256 g/mol. The summed E-state index contributed by atoms with van der Waals surface area (Å²) in [6.07, 6.45) is 1.69. The first-order valence-corrected chi connectivity index (χ1v) is 6.42. The largest absolute Gasteiger partial charge is 0.504 e. The maximum Gasteiger partial charge on any atom is 0.237 e. The molecule has 0 aliphatic heterocycles. The van der Waals surface area contributed by atoms with E-state index in [0.29, 0.717) is 24.8 Å². The summed E-state index contributed by atoms with van der Waals surface area (Å²) >= 11 is 0. The Morgan fingerprint density at radius 2 is 2.15 bits per heavy atom. The Morgan fingerprint density at radius 3 is 2.85 bits per heavy atom. The minimum Gasteiger partial charge on any atom is -0.504 e. The summed E-state index contributed by atoms with van der Waals surface area (Å²) in [5.41, 5.74) is 1.76. The van der Waals surface area contributed by atoms with Crippen LogP contribution < -0.4 is 14.8 Å². The summed E-state index contributed by atoms with van der Waals surface area (Å²) in [5.74, 6) is 1.17. The Balaban J connectivity index is 2.07. The quantitative estimate of drug-likeness (QED) is 0.848. The molecule has 0 bridgehead atoms. The van der Waals surface area contributed by atoms with Crippen molar-refractivity contribution in [2.75, 3.05) is 19.0 Å². The first-order chi connectivity index (χ1) is 9.74. The van der Waals surface area contributed by atoms with Crippen LogP contribution in [-0.4, -0.2) is 23.8 Å². The Bertz CT molecular complexity index is 573. The molecule has 0 unspecified atom stereocenters. The molecule has 0 radical (unpaired) electrons. The second-order valence-electron chi connectivity index (χ2n) is 4.15. The van der Waals surface area contributed by atoms with Crippen LogP contribution in [0.3, 0.4) is 0 Å². The van der Waals surface area contributed by atoms with Gasteiger partial charge >= 0.3 is 0 Å². The normalized spacial score (nSPS) is 10.1. The van der Waals surface area contributed by atoms with Crippen LogP contribution >= 0.6 is 0 Å². The second-order valence-corrected chi connectivity index (χ2v) is 4.15. The summed E-state index contributed by atoms with van der Waals surface area (Å²) < 4.78 is 10.5. The Kier molecular flexibility index (Phi) is 4.65. The summed E-state index contributed by atoms with van der Waals surface area (Å²) in [7, 11) is 1.52. The molecule has 0 fully saturated rings. The number of methoxy groups -OCH3 is 1. The number of aromatic nitrogens is 1. The van der Waals surface area contributed by atoms with Gasteiger partial charge in [0.1, 0.15) is 0 Å². The van der Waals surface area contributed by atoms with Crippen molar-refractivity contribution >= 4 is 5.69 Å². The van der Waals surface area contributed by atoms with Crippen LogP contribution in [0.25, 0.3) is 0 Å². The molecule has 0 aliphatic rings. The summed E-state index contributed by atoms with van der Waals surface area (Å²) in [4.78, 5) is 4.17. The van der Waals surface area contributed by atoms with E-state index >= 15 is 0 Å². The molecule has 2 rings (SSSR count). The average Bonchev–Trinajstić information content (AvgIpc) is 2.47. The minimum absolute atomic E-state index is 0.128. The van der Waals surface area contributed by atoms with Crippen LogP contribution in [0, 0.1) is 0 Å². The van der Waals surface area contributed by atoms with E-state index in [0.717, 1.165) is 11.3 Å². The van der Waals surface area contributed by atoms with Crippen LogP contribution in [0.2, 0.25) is 0 Å². The number of anilines is 1. The van der Waals surface area contributed by atoms with Gasteiger partial charge in [0, 0.05) is 12.7 Å². The lowest BCUT2D eigenvalue weighted by molar-refractivity contribution is 0.328. The minimum atomic E-state index is 0.128. The molecule has 2 aromatic rings. The number of benzene rings is 1. The van der Waals surface area contributed by atoms with Gasteiger partial charge in [0.05, 0.1) is 19.4 Å². The Morgan fingerprint density at radius 1 is 1.30 bits per heavy atom. The van der Waals surface area contributed by atoms with Gasteiger partial charge in [0.2, 0.25) is 5.88 Å². The topological polar surface area (TPSA) is 63.6 Å². The first kappa shape index (κ1) is 14.0. The van der Waals surface area contributed by atoms with Gasteiger partial charge in [0.15, 0.2) is 11.5 Å². The Hall–Kier alpha value is -2.43. The summed E-state index contributed by atoms with van der Waals surface area (Å²) in [6.45, 7) is 3.04. The molecule has 0 spiro atoms. The molecule has 1 aromatic carbocycles. The zero-order chi connectivity index (χ0) is 14.4. The molecule has 5 nitrogen and oxygen atoms in total. The van der Waals surface area contributed by atoms with Crippen molar-refractivity contribution in [3.63, 3.8) is 0 Å². The number of phenols is 1. The third kappa shape index (κ3) is 3.32. The van der Waals surface area contributed by atoms with Gasteiger partial charge in [-0.1, -0.05) is 6.07 Å². The van der Waals surface area contributed by atoms with E-state index in [1.54, 1.807) is 18.3 Å². The maximum atomic E-state index is 9.74.